The van der Waals surface area contributed by atoms with Crippen molar-refractivity contribution in [2.24, 2.45) is 23.5 Å². The Hall–Kier alpha value is -0.830. The van der Waals surface area contributed by atoms with Gasteiger partial charge in [0, 0.05) is 18.5 Å². The minimum Gasteiger partial charge on any atom is -0.352 e. The number of allylic oxidation sites excluding steroid dienone is 2. The van der Waals surface area contributed by atoms with Crippen molar-refractivity contribution in [3.63, 3.8) is 0 Å². The standard InChI is InChI=1S/C14H24N2O/c1-2-3-4-12(9-15)16-14(17)13-8-10-5-6-11(13)7-10/h5-6,10-13H,2-4,7-9,15H2,1H3,(H,16,17). The van der Waals surface area contributed by atoms with Crippen molar-refractivity contribution < 1.29 is 4.79 Å². The molecule has 4 unspecified atom stereocenters. The van der Waals surface area contributed by atoms with E-state index in [4.69, 9.17) is 5.73 Å². The van der Waals surface area contributed by atoms with Gasteiger partial charge in [0.25, 0.3) is 0 Å². The Balaban J connectivity index is 1.81. The molecule has 1 fully saturated rings. The largest absolute Gasteiger partial charge is 0.352 e. The maximum absolute atomic E-state index is 12.2. The molecule has 0 aromatic rings. The summed E-state index contributed by atoms with van der Waals surface area (Å²) in [5.41, 5.74) is 5.71. The number of unbranched alkanes of at least 4 members (excludes halogenated alkanes) is 1. The van der Waals surface area contributed by atoms with Crippen molar-refractivity contribution in [2.45, 2.75) is 45.1 Å². The van der Waals surface area contributed by atoms with Crippen LogP contribution in [-0.2, 0) is 4.79 Å². The van der Waals surface area contributed by atoms with Gasteiger partial charge in [-0.25, -0.2) is 0 Å². The number of carbonyl (C=O) groups excluding carboxylic acids is 1. The molecule has 17 heavy (non-hydrogen) atoms. The topological polar surface area (TPSA) is 55.1 Å². The van der Waals surface area contributed by atoms with Gasteiger partial charge in [-0.1, -0.05) is 31.9 Å². The summed E-state index contributed by atoms with van der Waals surface area (Å²) < 4.78 is 0. The SMILES string of the molecule is CCCCC(CN)NC(=O)C1CC2C=CC1C2. The van der Waals surface area contributed by atoms with E-state index in [0.717, 1.165) is 25.7 Å². The molecule has 0 aromatic heterocycles. The second-order valence-corrected chi connectivity index (χ2v) is 5.47. The summed E-state index contributed by atoms with van der Waals surface area (Å²) in [5.74, 6) is 1.58. The molecule has 0 aromatic carbocycles. The second kappa shape index (κ2) is 5.67. The third-order valence-electron chi connectivity index (χ3n) is 4.15. The van der Waals surface area contributed by atoms with E-state index in [-0.39, 0.29) is 17.9 Å². The van der Waals surface area contributed by atoms with Crippen LogP contribution in [0.2, 0.25) is 0 Å². The predicted molar refractivity (Wildman–Crippen MR) is 69.4 cm³/mol. The Morgan fingerprint density at radius 3 is 2.82 bits per heavy atom. The van der Waals surface area contributed by atoms with Gasteiger partial charge in [0.2, 0.25) is 5.91 Å². The molecule has 96 valence electrons. The Labute approximate surface area is 104 Å². The molecular weight excluding hydrogens is 212 g/mol. The highest BCUT2D eigenvalue weighted by Crippen LogP contribution is 2.43. The number of amides is 1. The van der Waals surface area contributed by atoms with Crippen LogP contribution in [0.15, 0.2) is 12.2 Å². The van der Waals surface area contributed by atoms with Gasteiger partial charge in [-0.15, -0.1) is 0 Å². The number of carbonyl (C=O) groups is 1. The number of hydrogen-bond donors (Lipinski definition) is 2. The van der Waals surface area contributed by atoms with Crippen LogP contribution >= 0.6 is 0 Å². The highest BCUT2D eigenvalue weighted by atomic mass is 16.2. The average Bonchev–Trinajstić information content (AvgIpc) is 2.96. The van der Waals surface area contributed by atoms with Gasteiger partial charge >= 0.3 is 0 Å². The van der Waals surface area contributed by atoms with Gasteiger partial charge in [-0.2, -0.15) is 0 Å². The van der Waals surface area contributed by atoms with E-state index in [1.54, 1.807) is 0 Å². The van der Waals surface area contributed by atoms with Crippen molar-refractivity contribution >= 4 is 5.91 Å². The van der Waals surface area contributed by atoms with Crippen LogP contribution in [0, 0.1) is 17.8 Å². The molecule has 3 N–H and O–H groups in total. The van der Waals surface area contributed by atoms with Gasteiger partial charge in [-0.3, -0.25) is 4.79 Å². The molecule has 2 aliphatic rings. The van der Waals surface area contributed by atoms with Crippen LogP contribution < -0.4 is 11.1 Å². The van der Waals surface area contributed by atoms with E-state index in [9.17, 15) is 4.79 Å². The van der Waals surface area contributed by atoms with E-state index < -0.39 is 0 Å². The summed E-state index contributed by atoms with van der Waals surface area (Å²) in [6.45, 7) is 2.72. The number of nitrogens with one attached hydrogen (secondary N) is 1. The molecule has 0 saturated heterocycles. The first-order valence-corrected chi connectivity index (χ1v) is 6.93. The molecular formula is C14H24N2O. The van der Waals surface area contributed by atoms with Crippen molar-refractivity contribution in [2.75, 3.05) is 6.54 Å². The summed E-state index contributed by atoms with van der Waals surface area (Å²) in [5, 5.41) is 3.13. The second-order valence-electron chi connectivity index (χ2n) is 5.47. The number of nitrogens with two attached hydrogens (primary N) is 1. The smallest absolute Gasteiger partial charge is 0.223 e. The third-order valence-corrected chi connectivity index (χ3v) is 4.15. The molecule has 1 saturated carbocycles. The van der Waals surface area contributed by atoms with E-state index >= 15 is 0 Å². The minimum atomic E-state index is 0.172. The zero-order valence-electron chi connectivity index (χ0n) is 10.7. The van der Waals surface area contributed by atoms with Crippen LogP contribution in [0.5, 0.6) is 0 Å². The Morgan fingerprint density at radius 2 is 2.29 bits per heavy atom. The van der Waals surface area contributed by atoms with Gasteiger partial charge in [0.05, 0.1) is 0 Å². The molecule has 3 heteroatoms. The lowest BCUT2D eigenvalue weighted by Crippen LogP contribution is -2.43. The third kappa shape index (κ3) is 2.89. The van der Waals surface area contributed by atoms with Crippen molar-refractivity contribution in [3.05, 3.63) is 12.2 Å². The highest BCUT2D eigenvalue weighted by molar-refractivity contribution is 5.80. The fourth-order valence-electron chi connectivity index (χ4n) is 3.09. The van der Waals surface area contributed by atoms with Crippen LogP contribution in [0.1, 0.15) is 39.0 Å². The maximum atomic E-state index is 12.2. The van der Waals surface area contributed by atoms with Crippen molar-refractivity contribution in [1.29, 1.82) is 0 Å². The fourth-order valence-corrected chi connectivity index (χ4v) is 3.09. The molecule has 1 amide bonds. The molecule has 0 aliphatic heterocycles. The minimum absolute atomic E-state index is 0.172. The first-order chi connectivity index (χ1) is 8.24. The summed E-state index contributed by atoms with van der Waals surface area (Å²) in [6.07, 6.45) is 10.0. The Kier molecular flexibility index (Phi) is 4.21. The summed E-state index contributed by atoms with van der Waals surface area (Å²) >= 11 is 0. The summed E-state index contributed by atoms with van der Waals surface area (Å²) in [6, 6.07) is 0.172. The zero-order chi connectivity index (χ0) is 12.3. The van der Waals surface area contributed by atoms with Crippen LogP contribution in [0.4, 0.5) is 0 Å². The summed E-state index contributed by atoms with van der Waals surface area (Å²) in [4.78, 5) is 12.2. The maximum Gasteiger partial charge on any atom is 0.223 e. The van der Waals surface area contributed by atoms with Crippen LogP contribution in [-0.4, -0.2) is 18.5 Å². The lowest BCUT2D eigenvalue weighted by atomic mass is 9.92. The van der Waals surface area contributed by atoms with Gasteiger partial charge in [0.1, 0.15) is 0 Å². The molecule has 2 bridgehead atoms. The fraction of sp³-hybridized carbons (Fsp3) is 0.786. The first-order valence-electron chi connectivity index (χ1n) is 6.93. The van der Waals surface area contributed by atoms with E-state index in [1.165, 1.54) is 6.42 Å². The zero-order valence-corrected chi connectivity index (χ0v) is 10.7. The first kappa shape index (κ1) is 12.6. The molecule has 0 radical (unpaired) electrons. The molecule has 4 atom stereocenters. The van der Waals surface area contributed by atoms with Gasteiger partial charge < -0.3 is 11.1 Å². The van der Waals surface area contributed by atoms with Gasteiger partial charge in [0.15, 0.2) is 0 Å². The highest BCUT2D eigenvalue weighted by Gasteiger charge is 2.39. The number of rotatable bonds is 6. The quantitative estimate of drug-likeness (QED) is 0.691. The molecule has 2 rings (SSSR count). The molecule has 0 heterocycles. The molecule has 0 spiro atoms. The monoisotopic (exact) mass is 236 g/mol. The van der Waals surface area contributed by atoms with Crippen molar-refractivity contribution in [3.8, 4) is 0 Å². The normalized spacial score (nSPS) is 31.8. The lowest BCUT2D eigenvalue weighted by molar-refractivity contribution is -0.126. The van der Waals surface area contributed by atoms with E-state index in [0.29, 0.717) is 18.4 Å². The number of fused-ring (bicyclic) bond motifs is 2. The number of hydrogen-bond acceptors (Lipinski definition) is 2. The Bertz CT molecular complexity index is 301. The Morgan fingerprint density at radius 1 is 1.47 bits per heavy atom. The lowest BCUT2D eigenvalue weighted by Gasteiger charge is -2.22. The summed E-state index contributed by atoms with van der Waals surface area (Å²) in [7, 11) is 0. The van der Waals surface area contributed by atoms with Crippen LogP contribution in [0.3, 0.4) is 0 Å². The van der Waals surface area contributed by atoms with Crippen molar-refractivity contribution in [1.82, 2.24) is 5.32 Å². The predicted octanol–water partition coefficient (Wildman–Crippen LogP) is 1.83. The average molecular weight is 236 g/mol. The van der Waals surface area contributed by atoms with Gasteiger partial charge in [-0.05, 0) is 31.1 Å². The molecule has 3 nitrogen and oxygen atoms in total. The van der Waals surface area contributed by atoms with E-state index in [1.807, 2.05) is 0 Å². The molecule has 2 aliphatic carbocycles. The van der Waals surface area contributed by atoms with E-state index in [2.05, 4.69) is 24.4 Å². The van der Waals surface area contributed by atoms with Crippen LogP contribution in [0.25, 0.3) is 0 Å².